The molecule has 0 bridgehead atoms. The zero-order valence-corrected chi connectivity index (χ0v) is 43.3. The van der Waals surface area contributed by atoms with Crippen LogP contribution in [0.1, 0.15) is 74.9 Å². The van der Waals surface area contributed by atoms with Gasteiger partial charge in [-0.15, -0.1) is 0 Å². The van der Waals surface area contributed by atoms with Gasteiger partial charge in [-0.2, -0.15) is 7.82 Å². The van der Waals surface area contributed by atoms with Crippen LogP contribution in [0.15, 0.2) is 146 Å². The van der Waals surface area contributed by atoms with Crippen LogP contribution in [0.2, 0.25) is 0 Å². The summed E-state index contributed by atoms with van der Waals surface area (Å²) in [5.74, 6) is 2.22. The van der Waals surface area contributed by atoms with Gasteiger partial charge in [-0.1, -0.05) is 131 Å². The maximum Gasteiger partial charge on any atom is 0.357 e. The van der Waals surface area contributed by atoms with Crippen molar-refractivity contribution in [3.63, 3.8) is 0 Å². The topological polar surface area (TPSA) is 86.2 Å². The Hall–Kier alpha value is -2.38. The lowest BCUT2D eigenvalue weighted by Gasteiger charge is -2.36. The van der Waals surface area contributed by atoms with Gasteiger partial charge in [0.15, 0.2) is 21.4 Å². The SMILES string of the molecule is Cc1ccc([I+]c2ccc(CC(C)C)cc2)cc1.Cc1ccc([I+]c2ccc(CC(C)C)cc2)cc1.Cc1ccc([I+]c2ccc(CC(C)C)cc2)cc1.O=P([O-])([O-])[O-]. The van der Waals surface area contributed by atoms with Crippen molar-refractivity contribution in [1.82, 2.24) is 0 Å². The summed E-state index contributed by atoms with van der Waals surface area (Å²) in [7, 11) is -5.39. The van der Waals surface area contributed by atoms with Crippen molar-refractivity contribution in [3.05, 3.63) is 200 Å². The van der Waals surface area contributed by atoms with Crippen molar-refractivity contribution in [3.8, 4) is 0 Å². The third kappa shape index (κ3) is 24.0. The highest BCUT2D eigenvalue weighted by atomic mass is 127. The zero-order valence-electron chi connectivity index (χ0n) is 35.9. The summed E-state index contributed by atoms with van der Waals surface area (Å²) in [6.07, 6.45) is 3.55. The molecule has 0 amide bonds. The molecule has 0 heterocycles. The number of phosphoric acid groups is 1. The van der Waals surface area contributed by atoms with Crippen molar-refractivity contribution in [2.45, 2.75) is 81.6 Å². The molecule has 0 atom stereocenters. The maximum absolute atomic E-state index is 8.55. The summed E-state index contributed by atoms with van der Waals surface area (Å²) in [4.78, 5) is 25.6. The number of rotatable bonds is 12. The third-order valence-corrected chi connectivity index (χ3v) is 16.4. The predicted molar refractivity (Wildman–Crippen MR) is 228 cm³/mol. The highest BCUT2D eigenvalue weighted by Crippen LogP contribution is 2.09. The van der Waals surface area contributed by atoms with Crippen LogP contribution in [0.5, 0.6) is 0 Å². The van der Waals surface area contributed by atoms with Crippen LogP contribution in [0.25, 0.3) is 0 Å². The minimum absolute atomic E-state index is 0.0179. The Bertz CT molecular complexity index is 1850. The summed E-state index contributed by atoms with van der Waals surface area (Å²) in [5, 5.41) is 0. The quantitative estimate of drug-likeness (QED) is 0.136. The molecule has 0 radical (unpaired) electrons. The average molecular weight is 1150 g/mol. The second-order valence-corrected chi connectivity index (χ2v) is 25.8. The first kappa shape index (κ1) is 51.0. The van der Waals surface area contributed by atoms with Gasteiger partial charge in [0.2, 0.25) is 0 Å². The standard InChI is InChI=1S/3C17H20I.H3O4P/c3*1-13(2)12-15-6-10-17(11-7-15)18-16-8-4-14(3)5-9-16;1-5(2,3)4/h3*4-11,13H,12H2,1-3H3;(H3,1,2,3,4)/q3*+1;/p-3. The van der Waals surface area contributed by atoms with Crippen LogP contribution >= 0.6 is 7.82 Å². The first-order valence-electron chi connectivity index (χ1n) is 20.0. The fourth-order valence-electron chi connectivity index (χ4n) is 5.63. The molecule has 314 valence electrons. The normalized spacial score (nSPS) is 11.0. The first-order chi connectivity index (χ1) is 27.9. The Labute approximate surface area is 386 Å². The molecule has 8 heteroatoms. The Morgan fingerprint density at radius 3 is 0.661 bits per heavy atom. The van der Waals surface area contributed by atoms with Gasteiger partial charge in [0.1, 0.15) is 0 Å². The molecule has 0 aromatic heterocycles. The molecule has 0 N–H and O–H groups in total. The molecule has 0 aliphatic heterocycles. The molecule has 0 aliphatic carbocycles. The molecule has 59 heavy (non-hydrogen) atoms. The van der Waals surface area contributed by atoms with E-state index < -0.39 is 7.82 Å². The molecular weight excluding hydrogens is 1090 g/mol. The Morgan fingerprint density at radius 1 is 0.356 bits per heavy atom. The van der Waals surface area contributed by atoms with E-state index in [-0.39, 0.29) is 63.6 Å². The van der Waals surface area contributed by atoms with E-state index in [0.717, 1.165) is 17.8 Å². The molecule has 0 saturated heterocycles. The lowest BCUT2D eigenvalue weighted by molar-refractivity contribution is -0.597. The fourth-order valence-corrected chi connectivity index (χ4v) is 12.1. The predicted octanol–water partition coefficient (Wildman–Crippen LogP) is 1.14. The Kier molecular flexibility index (Phi) is 23.2. The Balaban J connectivity index is 0.000000223. The zero-order chi connectivity index (χ0) is 43.4. The second-order valence-electron chi connectivity index (χ2n) is 15.8. The molecule has 0 fully saturated rings. The van der Waals surface area contributed by atoms with Gasteiger partial charge in [-0.25, -0.2) is 0 Å². The number of hydrogen-bond donors (Lipinski definition) is 0. The van der Waals surface area contributed by atoms with Crippen LogP contribution < -0.4 is 78.3 Å². The molecular formula is C51H60I3O4P. The summed E-state index contributed by atoms with van der Waals surface area (Å²) >= 11 is -0.0538. The van der Waals surface area contributed by atoms with E-state index in [1.807, 2.05) is 0 Å². The van der Waals surface area contributed by atoms with Crippen molar-refractivity contribution >= 4 is 7.82 Å². The molecule has 6 rings (SSSR count). The molecule has 6 aromatic rings. The van der Waals surface area contributed by atoms with Gasteiger partial charge in [0.25, 0.3) is 0 Å². The van der Waals surface area contributed by atoms with Crippen LogP contribution in [0, 0.1) is 59.9 Å². The smallest absolute Gasteiger partial charge is 0.357 e. The van der Waals surface area contributed by atoms with Gasteiger partial charge in [0, 0.05) is 0 Å². The van der Waals surface area contributed by atoms with Crippen LogP contribution in [0.4, 0.5) is 0 Å². The van der Waals surface area contributed by atoms with Gasteiger partial charge >= 0.3 is 63.6 Å². The molecule has 4 nitrogen and oxygen atoms in total. The first-order valence-corrected chi connectivity index (χ1v) is 28.0. The van der Waals surface area contributed by atoms with Crippen LogP contribution in [-0.2, 0) is 23.8 Å². The highest BCUT2D eigenvalue weighted by Gasteiger charge is 2.17. The van der Waals surface area contributed by atoms with Gasteiger partial charge in [-0.05, 0) is 147 Å². The highest BCUT2D eigenvalue weighted by molar-refractivity contribution is 7.40. The van der Waals surface area contributed by atoms with Gasteiger partial charge in [-0.3, -0.25) is 0 Å². The van der Waals surface area contributed by atoms with E-state index in [1.54, 1.807) is 0 Å². The maximum atomic E-state index is 8.55. The number of benzene rings is 6. The molecule has 0 spiro atoms. The van der Waals surface area contributed by atoms with E-state index in [1.165, 1.54) is 74.1 Å². The summed E-state index contributed by atoms with van der Waals surface area (Å²) < 4.78 is 17.6. The Morgan fingerprint density at radius 2 is 0.508 bits per heavy atom. The minimum atomic E-state index is -5.39. The van der Waals surface area contributed by atoms with Crippen molar-refractivity contribution in [2.24, 2.45) is 17.8 Å². The van der Waals surface area contributed by atoms with E-state index in [9.17, 15) is 0 Å². The van der Waals surface area contributed by atoms with Crippen molar-refractivity contribution in [2.75, 3.05) is 0 Å². The summed E-state index contributed by atoms with van der Waals surface area (Å²) in [6.45, 7) is 20.1. The van der Waals surface area contributed by atoms with E-state index in [0.29, 0.717) is 0 Å². The summed E-state index contributed by atoms with van der Waals surface area (Å²) in [6, 6.07) is 54.5. The fraction of sp³-hybridized carbons (Fsp3) is 0.294. The third-order valence-electron chi connectivity index (χ3n) is 8.36. The second kappa shape index (κ2) is 26.8. The van der Waals surface area contributed by atoms with Crippen LogP contribution in [-0.4, -0.2) is 0 Å². The lowest BCUT2D eigenvalue weighted by atomic mass is 10.0. The van der Waals surface area contributed by atoms with Crippen molar-refractivity contribution in [1.29, 1.82) is 0 Å². The largest absolute Gasteiger partial charge is 0.822 e. The monoisotopic (exact) mass is 1150 g/mol. The van der Waals surface area contributed by atoms with Gasteiger partial charge in [0.05, 0.1) is 0 Å². The van der Waals surface area contributed by atoms with Crippen LogP contribution in [0.3, 0.4) is 0 Å². The molecule has 0 aliphatic rings. The average Bonchev–Trinajstić information content (AvgIpc) is 3.16. The number of aryl methyl sites for hydroxylation is 3. The van der Waals surface area contributed by atoms with E-state index in [4.69, 9.17) is 19.2 Å². The lowest BCUT2D eigenvalue weighted by Crippen LogP contribution is -3.61. The molecule has 0 unspecified atom stereocenters. The minimum Gasteiger partial charge on any atom is -0.822 e. The van der Waals surface area contributed by atoms with E-state index >= 15 is 0 Å². The van der Waals surface area contributed by atoms with Gasteiger partial charge < -0.3 is 19.2 Å². The van der Waals surface area contributed by atoms with Crippen molar-refractivity contribution < 1.29 is 82.9 Å². The number of hydrogen-bond acceptors (Lipinski definition) is 4. The van der Waals surface area contributed by atoms with E-state index in [2.05, 4.69) is 208 Å². The number of halogens is 3. The summed E-state index contributed by atoms with van der Waals surface area (Å²) in [5.41, 5.74) is 8.41. The molecule has 0 saturated carbocycles. The molecule has 6 aromatic carbocycles.